The molecule has 13 heavy (non-hydrogen) atoms. The first-order chi connectivity index (χ1) is 6.15. The molecule has 0 spiro atoms. The first-order valence-corrected chi connectivity index (χ1v) is 4.10. The Morgan fingerprint density at radius 3 is 2.31 bits per heavy atom. The van der Waals surface area contributed by atoms with E-state index in [2.05, 4.69) is 11.6 Å². The first kappa shape index (κ1) is 9.93. The quantitative estimate of drug-likeness (QED) is 0.647. The Hall–Kier alpha value is -1.15. The normalized spacial score (nSPS) is 11.5. The van der Waals surface area contributed by atoms with Crippen molar-refractivity contribution in [3.63, 3.8) is 0 Å². The highest BCUT2D eigenvalue weighted by Crippen LogP contribution is 2.11. The topological polar surface area (TPSA) is 12.4 Å². The van der Waals surface area contributed by atoms with Crippen LogP contribution in [0.5, 0.6) is 0 Å². The molecule has 1 aromatic rings. The van der Waals surface area contributed by atoms with Gasteiger partial charge >= 0.3 is 0 Å². The minimum Gasteiger partial charge on any atom is -0.287 e. The Morgan fingerprint density at radius 2 is 1.92 bits per heavy atom. The summed E-state index contributed by atoms with van der Waals surface area (Å²) in [5, 5.41) is 0.356. The molecule has 0 unspecified atom stereocenters. The Labute approximate surface area is 81.6 Å². The van der Waals surface area contributed by atoms with Crippen molar-refractivity contribution in [3.8, 4) is 0 Å². The minimum atomic E-state index is -0.278. The van der Waals surface area contributed by atoms with Gasteiger partial charge < -0.3 is 0 Å². The predicted molar refractivity (Wildman–Crippen MR) is 53.9 cm³/mol. The van der Waals surface area contributed by atoms with Gasteiger partial charge in [-0.15, -0.1) is 0 Å². The molecule has 3 heteroatoms. The second kappa shape index (κ2) is 4.19. The maximum atomic E-state index is 12.6. The van der Waals surface area contributed by atoms with E-state index >= 15 is 0 Å². The molecule has 0 aliphatic carbocycles. The van der Waals surface area contributed by atoms with Crippen molar-refractivity contribution in [3.05, 3.63) is 47.3 Å². The van der Waals surface area contributed by atoms with Crippen LogP contribution in [0.1, 0.15) is 5.56 Å². The number of rotatable bonds is 2. The zero-order chi connectivity index (χ0) is 9.84. The molecule has 0 radical (unpaired) electrons. The molecule has 0 saturated carbocycles. The zero-order valence-corrected chi connectivity index (χ0v) is 7.98. The van der Waals surface area contributed by atoms with Crippen molar-refractivity contribution in [1.82, 2.24) is 0 Å². The lowest BCUT2D eigenvalue weighted by molar-refractivity contribution is 0.628. The van der Waals surface area contributed by atoms with Gasteiger partial charge in [0.15, 0.2) is 0 Å². The van der Waals surface area contributed by atoms with Crippen molar-refractivity contribution < 1.29 is 4.39 Å². The van der Waals surface area contributed by atoms with Gasteiger partial charge in [0.1, 0.15) is 5.82 Å². The van der Waals surface area contributed by atoms with Crippen molar-refractivity contribution in [2.45, 2.75) is 0 Å². The third-order valence-corrected chi connectivity index (χ3v) is 1.78. The van der Waals surface area contributed by atoms with Gasteiger partial charge in [0.25, 0.3) is 0 Å². The maximum Gasteiger partial charge on any atom is 0.123 e. The van der Waals surface area contributed by atoms with Crippen molar-refractivity contribution in [2.24, 2.45) is 4.99 Å². The SMILES string of the molecule is C=C(Cl)C(=NC)c1ccc(F)cc1. The molecular weight excluding hydrogens is 189 g/mol. The number of aliphatic imine (C=N–C) groups is 1. The van der Waals surface area contributed by atoms with Crippen LogP contribution in [0.3, 0.4) is 0 Å². The van der Waals surface area contributed by atoms with E-state index in [4.69, 9.17) is 11.6 Å². The third kappa shape index (κ3) is 2.39. The molecule has 0 aromatic heterocycles. The molecule has 0 aliphatic rings. The number of benzene rings is 1. The highest BCUT2D eigenvalue weighted by atomic mass is 35.5. The average molecular weight is 198 g/mol. The Morgan fingerprint density at radius 1 is 1.38 bits per heavy atom. The summed E-state index contributed by atoms with van der Waals surface area (Å²) in [5.41, 5.74) is 1.35. The van der Waals surface area contributed by atoms with Crippen molar-refractivity contribution in [1.29, 1.82) is 0 Å². The van der Waals surface area contributed by atoms with Gasteiger partial charge in [0, 0.05) is 12.6 Å². The molecule has 0 atom stereocenters. The molecule has 0 saturated heterocycles. The van der Waals surface area contributed by atoms with E-state index in [-0.39, 0.29) is 5.82 Å². The molecule has 0 fully saturated rings. The van der Waals surface area contributed by atoms with Gasteiger partial charge in [-0.3, -0.25) is 4.99 Å². The molecule has 68 valence electrons. The van der Waals surface area contributed by atoms with Crippen LogP contribution in [0, 0.1) is 5.82 Å². The summed E-state index contributed by atoms with van der Waals surface area (Å²) in [6.07, 6.45) is 0. The summed E-state index contributed by atoms with van der Waals surface area (Å²) >= 11 is 5.70. The number of allylic oxidation sites excluding steroid dienone is 1. The molecule has 0 bridgehead atoms. The van der Waals surface area contributed by atoms with Gasteiger partial charge in [0.05, 0.1) is 10.7 Å². The maximum absolute atomic E-state index is 12.6. The lowest BCUT2D eigenvalue weighted by atomic mass is 10.1. The second-order valence-corrected chi connectivity index (χ2v) is 2.94. The van der Waals surface area contributed by atoms with Crippen LogP contribution in [0.2, 0.25) is 0 Å². The molecular formula is C10H9ClFN. The first-order valence-electron chi connectivity index (χ1n) is 3.72. The third-order valence-electron chi connectivity index (χ3n) is 1.60. The van der Waals surface area contributed by atoms with E-state index < -0.39 is 0 Å². The molecule has 0 aliphatic heterocycles. The number of nitrogens with zero attached hydrogens (tertiary/aromatic N) is 1. The minimum absolute atomic E-state index is 0.278. The molecule has 1 rings (SSSR count). The van der Waals surface area contributed by atoms with Crippen LogP contribution in [-0.4, -0.2) is 12.8 Å². The molecule has 1 nitrogen and oxygen atoms in total. The van der Waals surface area contributed by atoms with E-state index in [0.29, 0.717) is 10.7 Å². The lowest BCUT2D eigenvalue weighted by Gasteiger charge is -2.02. The Kier molecular flexibility index (Phi) is 3.20. The van der Waals surface area contributed by atoms with E-state index in [1.165, 1.54) is 12.1 Å². The fourth-order valence-electron chi connectivity index (χ4n) is 1.01. The van der Waals surface area contributed by atoms with E-state index in [1.54, 1.807) is 19.2 Å². The Balaban J connectivity index is 3.07. The summed E-state index contributed by atoms with van der Waals surface area (Å²) in [4.78, 5) is 3.95. The second-order valence-electron chi connectivity index (χ2n) is 2.48. The van der Waals surface area contributed by atoms with Crippen LogP contribution in [-0.2, 0) is 0 Å². The van der Waals surface area contributed by atoms with E-state index in [9.17, 15) is 4.39 Å². The van der Waals surface area contributed by atoms with Crippen LogP contribution < -0.4 is 0 Å². The standard InChI is InChI=1S/C10H9ClFN/c1-7(11)10(13-2)8-3-5-9(12)6-4-8/h3-6H,1H2,2H3. The smallest absolute Gasteiger partial charge is 0.123 e. The predicted octanol–water partition coefficient (Wildman–Crippen LogP) is 3.00. The van der Waals surface area contributed by atoms with Gasteiger partial charge in [0.2, 0.25) is 0 Å². The highest BCUT2D eigenvalue weighted by molar-refractivity contribution is 6.45. The molecule has 0 amide bonds. The fraction of sp³-hybridized carbons (Fsp3) is 0.100. The molecule has 1 aromatic carbocycles. The zero-order valence-electron chi connectivity index (χ0n) is 7.22. The summed E-state index contributed by atoms with van der Waals surface area (Å²) in [5.74, 6) is -0.278. The summed E-state index contributed by atoms with van der Waals surface area (Å²) in [7, 11) is 1.62. The number of hydrogen-bond acceptors (Lipinski definition) is 1. The molecule has 0 heterocycles. The highest BCUT2D eigenvalue weighted by Gasteiger charge is 2.04. The molecule has 0 N–H and O–H groups in total. The van der Waals surface area contributed by atoms with Crippen LogP contribution in [0.4, 0.5) is 4.39 Å². The number of halogens is 2. The summed E-state index contributed by atoms with van der Waals surface area (Å²) in [6.45, 7) is 3.57. The van der Waals surface area contributed by atoms with Gasteiger partial charge in [-0.05, 0) is 24.3 Å². The number of hydrogen-bond donors (Lipinski definition) is 0. The van der Waals surface area contributed by atoms with Crippen LogP contribution >= 0.6 is 11.6 Å². The van der Waals surface area contributed by atoms with Gasteiger partial charge in [-0.1, -0.05) is 18.2 Å². The Bertz CT molecular complexity index is 340. The van der Waals surface area contributed by atoms with E-state index in [1.807, 2.05) is 0 Å². The largest absolute Gasteiger partial charge is 0.287 e. The van der Waals surface area contributed by atoms with Crippen LogP contribution in [0.25, 0.3) is 0 Å². The average Bonchev–Trinajstić information content (AvgIpc) is 2.09. The van der Waals surface area contributed by atoms with Crippen molar-refractivity contribution in [2.75, 3.05) is 7.05 Å². The summed E-state index contributed by atoms with van der Waals surface area (Å²) < 4.78 is 12.6. The summed E-state index contributed by atoms with van der Waals surface area (Å²) in [6, 6.07) is 5.96. The van der Waals surface area contributed by atoms with Gasteiger partial charge in [-0.2, -0.15) is 0 Å². The van der Waals surface area contributed by atoms with Crippen LogP contribution in [0.15, 0.2) is 40.9 Å². The van der Waals surface area contributed by atoms with E-state index in [0.717, 1.165) is 5.56 Å². The fourth-order valence-corrected chi connectivity index (χ4v) is 1.21. The van der Waals surface area contributed by atoms with Gasteiger partial charge in [-0.25, -0.2) is 4.39 Å². The van der Waals surface area contributed by atoms with Crippen molar-refractivity contribution >= 4 is 17.3 Å². The lowest BCUT2D eigenvalue weighted by Crippen LogP contribution is -1.99. The monoisotopic (exact) mass is 197 g/mol.